The first-order chi connectivity index (χ1) is 18.1. The fraction of sp³-hybridized carbons (Fsp3) is 0.0833. The molecule has 1 heterocycles. The van der Waals surface area contributed by atoms with Crippen molar-refractivity contribution in [1.82, 2.24) is 9.78 Å². The van der Waals surface area contributed by atoms with Gasteiger partial charge in [-0.15, -0.1) is 0 Å². The second kappa shape index (κ2) is 10.4. The molecule has 194 valence electrons. The summed E-state index contributed by atoms with van der Waals surface area (Å²) >= 11 is 0. The monoisotopic (exact) mass is 526 g/mol. The van der Waals surface area contributed by atoms with Crippen LogP contribution in [-0.4, -0.2) is 33.0 Å². The highest BCUT2D eigenvalue weighted by Gasteiger charge is 2.37. The van der Waals surface area contributed by atoms with Crippen molar-refractivity contribution in [2.24, 2.45) is 5.10 Å². The van der Waals surface area contributed by atoms with Gasteiger partial charge in [-0.25, -0.2) is 4.68 Å². The Kier molecular flexibility index (Phi) is 7.05. The molecule has 0 unspecified atom stereocenters. The van der Waals surface area contributed by atoms with Gasteiger partial charge in [0.05, 0.1) is 34.4 Å². The van der Waals surface area contributed by atoms with Gasteiger partial charge in [0.1, 0.15) is 11.4 Å². The first-order valence-electron chi connectivity index (χ1n) is 10.7. The van der Waals surface area contributed by atoms with Crippen LogP contribution in [0.25, 0.3) is 16.9 Å². The molecule has 0 aliphatic rings. The topological polar surface area (TPSA) is 138 Å². The van der Waals surface area contributed by atoms with Crippen LogP contribution in [0.15, 0.2) is 78.0 Å². The summed E-state index contributed by atoms with van der Waals surface area (Å²) in [5.74, 6) is 0.607. The Labute approximate surface area is 212 Å². The number of rotatable bonds is 8. The van der Waals surface area contributed by atoms with Gasteiger partial charge < -0.3 is 4.74 Å². The van der Waals surface area contributed by atoms with Crippen molar-refractivity contribution >= 4 is 23.3 Å². The standard InChI is InChI=1S/C24H17F3N6O5/c1-38-19-9-7-15(8-10-19)22-16(14-31(30-22)18-5-3-2-4-6-18)13-28-29-23-20(32(34)35)11-17(24(25,26)27)12-21(23)33(36)37/h2-14,29H,1H3/b28-13-. The van der Waals surface area contributed by atoms with E-state index in [2.05, 4.69) is 15.6 Å². The minimum absolute atomic E-state index is 0.209. The zero-order chi connectivity index (χ0) is 27.4. The molecule has 1 aromatic heterocycles. The third-order valence-electron chi connectivity index (χ3n) is 5.32. The van der Waals surface area contributed by atoms with Crippen molar-refractivity contribution in [1.29, 1.82) is 0 Å². The molecule has 0 aliphatic heterocycles. The molecule has 0 fully saturated rings. The maximum Gasteiger partial charge on any atom is 0.416 e. The summed E-state index contributed by atoms with van der Waals surface area (Å²) in [6.45, 7) is 0. The van der Waals surface area contributed by atoms with Crippen LogP contribution < -0.4 is 10.2 Å². The first kappa shape index (κ1) is 25.8. The predicted octanol–water partition coefficient (Wildman–Crippen LogP) is 5.83. The van der Waals surface area contributed by atoms with Crippen LogP contribution in [0.2, 0.25) is 0 Å². The number of alkyl halides is 3. The molecule has 0 atom stereocenters. The average molecular weight is 526 g/mol. The number of hydrogen-bond donors (Lipinski definition) is 1. The smallest absolute Gasteiger partial charge is 0.416 e. The Morgan fingerprint density at radius 2 is 1.61 bits per heavy atom. The number of nitro groups is 2. The lowest BCUT2D eigenvalue weighted by Gasteiger charge is -2.09. The Morgan fingerprint density at radius 1 is 1.00 bits per heavy atom. The number of benzene rings is 3. The molecule has 38 heavy (non-hydrogen) atoms. The molecule has 0 saturated heterocycles. The molecule has 11 nitrogen and oxygen atoms in total. The summed E-state index contributed by atoms with van der Waals surface area (Å²) in [5.41, 5.74) is -0.238. The van der Waals surface area contributed by atoms with Crippen LogP contribution in [0.3, 0.4) is 0 Å². The number of nitro benzene ring substituents is 2. The maximum atomic E-state index is 13.2. The lowest BCUT2D eigenvalue weighted by Crippen LogP contribution is -2.09. The SMILES string of the molecule is COc1ccc(-c2nn(-c3ccccc3)cc2/C=N\Nc2c([N+](=O)[O-])cc(C(F)(F)F)cc2[N+](=O)[O-])cc1. The van der Waals surface area contributed by atoms with Gasteiger partial charge in [-0.3, -0.25) is 25.7 Å². The molecule has 3 aromatic carbocycles. The second-order valence-electron chi connectivity index (χ2n) is 7.71. The van der Waals surface area contributed by atoms with Gasteiger partial charge in [0, 0.05) is 29.5 Å². The van der Waals surface area contributed by atoms with Gasteiger partial charge in [-0.1, -0.05) is 18.2 Å². The first-order valence-corrected chi connectivity index (χ1v) is 10.7. The van der Waals surface area contributed by atoms with Crippen molar-refractivity contribution in [3.63, 3.8) is 0 Å². The molecule has 1 N–H and O–H groups in total. The Bertz CT molecular complexity index is 1480. The van der Waals surface area contributed by atoms with Gasteiger partial charge in [-0.05, 0) is 36.4 Å². The lowest BCUT2D eigenvalue weighted by molar-refractivity contribution is -0.392. The van der Waals surface area contributed by atoms with E-state index in [4.69, 9.17) is 4.74 Å². The van der Waals surface area contributed by atoms with Crippen molar-refractivity contribution in [2.75, 3.05) is 12.5 Å². The number of para-hydroxylation sites is 1. The van der Waals surface area contributed by atoms with Crippen molar-refractivity contribution in [2.45, 2.75) is 6.18 Å². The molecule has 0 spiro atoms. The average Bonchev–Trinajstić information content (AvgIpc) is 3.32. The van der Waals surface area contributed by atoms with Crippen LogP contribution in [0, 0.1) is 20.2 Å². The van der Waals surface area contributed by atoms with Crippen LogP contribution in [-0.2, 0) is 6.18 Å². The number of anilines is 1. The summed E-state index contributed by atoms with van der Waals surface area (Å²) in [4.78, 5) is 20.6. The van der Waals surface area contributed by atoms with Gasteiger partial charge in [-0.2, -0.15) is 23.4 Å². The molecular formula is C24H17F3N6O5. The number of hydrazone groups is 1. The highest BCUT2D eigenvalue weighted by molar-refractivity contribution is 5.89. The Morgan fingerprint density at radius 3 is 2.13 bits per heavy atom. The molecule has 0 amide bonds. The number of nitrogens with zero attached hydrogens (tertiary/aromatic N) is 5. The number of ether oxygens (including phenoxy) is 1. The zero-order valence-corrected chi connectivity index (χ0v) is 19.4. The number of nitrogens with one attached hydrogen (secondary N) is 1. The molecule has 0 bridgehead atoms. The Balaban J connectivity index is 1.77. The number of aromatic nitrogens is 2. The fourth-order valence-electron chi connectivity index (χ4n) is 3.51. The van der Waals surface area contributed by atoms with Crippen LogP contribution in [0.4, 0.5) is 30.2 Å². The van der Waals surface area contributed by atoms with E-state index >= 15 is 0 Å². The number of halogens is 3. The largest absolute Gasteiger partial charge is 0.497 e. The Hall–Kier alpha value is -5.27. The number of methoxy groups -OCH3 is 1. The lowest BCUT2D eigenvalue weighted by atomic mass is 10.1. The molecule has 4 aromatic rings. The van der Waals surface area contributed by atoms with E-state index in [9.17, 15) is 33.4 Å². The van der Waals surface area contributed by atoms with Crippen LogP contribution >= 0.6 is 0 Å². The molecule has 4 rings (SSSR count). The van der Waals surface area contributed by atoms with Gasteiger partial charge >= 0.3 is 17.6 Å². The second-order valence-corrected chi connectivity index (χ2v) is 7.71. The van der Waals surface area contributed by atoms with Crippen molar-refractivity contribution < 1.29 is 27.8 Å². The summed E-state index contributed by atoms with van der Waals surface area (Å²) in [7, 11) is 1.52. The summed E-state index contributed by atoms with van der Waals surface area (Å²) < 4.78 is 46.2. The van der Waals surface area contributed by atoms with E-state index in [0.717, 1.165) is 0 Å². The quantitative estimate of drug-likeness (QED) is 0.173. The van der Waals surface area contributed by atoms with E-state index in [-0.39, 0.29) is 12.1 Å². The van der Waals surface area contributed by atoms with Crippen LogP contribution in [0.5, 0.6) is 5.75 Å². The summed E-state index contributed by atoms with van der Waals surface area (Å²) in [6, 6.07) is 16.4. The maximum absolute atomic E-state index is 13.2. The van der Waals surface area contributed by atoms with Gasteiger partial charge in [0.25, 0.3) is 0 Å². The molecule has 0 saturated carbocycles. The van der Waals surface area contributed by atoms with E-state index < -0.39 is 38.6 Å². The highest BCUT2D eigenvalue weighted by atomic mass is 19.4. The minimum Gasteiger partial charge on any atom is -0.497 e. The summed E-state index contributed by atoms with van der Waals surface area (Å²) in [6.07, 6.45) is -2.22. The molecule has 14 heteroatoms. The predicted molar refractivity (Wildman–Crippen MR) is 132 cm³/mol. The minimum atomic E-state index is -5.03. The third-order valence-corrected chi connectivity index (χ3v) is 5.32. The third kappa shape index (κ3) is 5.43. The van der Waals surface area contributed by atoms with E-state index in [1.807, 2.05) is 18.2 Å². The normalized spacial score (nSPS) is 11.5. The van der Waals surface area contributed by atoms with E-state index in [0.29, 0.717) is 28.3 Å². The highest BCUT2D eigenvalue weighted by Crippen LogP contribution is 2.41. The van der Waals surface area contributed by atoms with Gasteiger partial charge in [0.2, 0.25) is 5.69 Å². The summed E-state index contributed by atoms with van der Waals surface area (Å²) in [5, 5.41) is 31.4. The van der Waals surface area contributed by atoms with Crippen molar-refractivity contribution in [3.8, 4) is 22.7 Å². The van der Waals surface area contributed by atoms with Gasteiger partial charge in [0.15, 0.2) is 0 Å². The molecule has 0 radical (unpaired) electrons. The zero-order valence-electron chi connectivity index (χ0n) is 19.4. The van der Waals surface area contributed by atoms with Crippen LogP contribution in [0.1, 0.15) is 11.1 Å². The fourth-order valence-corrected chi connectivity index (χ4v) is 3.51. The molecular weight excluding hydrogens is 509 g/mol. The van der Waals surface area contributed by atoms with E-state index in [1.165, 1.54) is 13.3 Å². The number of hydrogen-bond acceptors (Lipinski definition) is 8. The van der Waals surface area contributed by atoms with Crippen molar-refractivity contribution in [3.05, 3.63) is 104 Å². The molecule has 0 aliphatic carbocycles. The van der Waals surface area contributed by atoms with E-state index in [1.54, 1.807) is 47.3 Å².